The van der Waals surface area contributed by atoms with Gasteiger partial charge in [0, 0.05) is 15.9 Å². The smallest absolute Gasteiger partial charge is 0.0420 e. The molecule has 0 spiro atoms. The topological polar surface area (TPSA) is 15.8 Å². The highest BCUT2D eigenvalue weighted by Gasteiger charge is 2.19. The molecule has 2 heteroatoms. The summed E-state index contributed by atoms with van der Waals surface area (Å²) >= 11 is 3.71. The lowest BCUT2D eigenvalue weighted by Gasteiger charge is -2.10. The maximum atomic E-state index is 3.71. The number of nitrogens with one attached hydrogen (secondary N) is 1. The summed E-state index contributed by atoms with van der Waals surface area (Å²) in [5.41, 5.74) is 4.39. The number of halogens is 1. The largest absolute Gasteiger partial charge is 0.361 e. The fourth-order valence-corrected chi connectivity index (χ4v) is 3.06. The first-order chi connectivity index (χ1) is 6.20. The van der Waals surface area contributed by atoms with Gasteiger partial charge in [-0.3, -0.25) is 0 Å². The highest BCUT2D eigenvalue weighted by atomic mass is 79.9. The summed E-state index contributed by atoms with van der Waals surface area (Å²) in [6.07, 6.45) is 5.18. The van der Waals surface area contributed by atoms with Crippen LogP contribution in [0.3, 0.4) is 0 Å². The number of aryl methyl sites for hydroxylation is 1. The van der Waals surface area contributed by atoms with Gasteiger partial charge >= 0.3 is 0 Å². The van der Waals surface area contributed by atoms with Crippen molar-refractivity contribution in [1.82, 2.24) is 4.98 Å². The average molecular weight is 242 g/mol. The first-order valence-electron chi connectivity index (χ1n) is 5.09. The molecule has 1 aliphatic carbocycles. The van der Waals surface area contributed by atoms with Crippen molar-refractivity contribution >= 4 is 15.9 Å². The number of hydrogen-bond donors (Lipinski definition) is 1. The van der Waals surface area contributed by atoms with E-state index in [1.165, 1.54) is 47.1 Å². The van der Waals surface area contributed by atoms with Gasteiger partial charge in [-0.15, -0.1) is 0 Å². The summed E-state index contributed by atoms with van der Waals surface area (Å²) in [5, 5.41) is 0. The molecule has 13 heavy (non-hydrogen) atoms. The Bertz CT molecular complexity index is 312. The van der Waals surface area contributed by atoms with Crippen molar-refractivity contribution in [2.24, 2.45) is 0 Å². The molecule has 1 aliphatic rings. The second-order valence-electron chi connectivity index (χ2n) is 4.17. The molecule has 0 atom stereocenters. The Morgan fingerprint density at radius 2 is 1.92 bits per heavy atom. The predicted molar refractivity (Wildman–Crippen MR) is 59.2 cm³/mol. The fourth-order valence-electron chi connectivity index (χ4n) is 2.06. The third kappa shape index (κ3) is 1.56. The summed E-state index contributed by atoms with van der Waals surface area (Å²) in [5.74, 6) is 0.597. The molecule has 0 radical (unpaired) electrons. The van der Waals surface area contributed by atoms with Gasteiger partial charge in [-0.25, -0.2) is 0 Å². The van der Waals surface area contributed by atoms with Gasteiger partial charge in [-0.1, -0.05) is 13.8 Å². The highest BCUT2D eigenvalue weighted by molar-refractivity contribution is 9.10. The van der Waals surface area contributed by atoms with Gasteiger partial charge in [-0.05, 0) is 53.1 Å². The Balaban J connectivity index is 2.44. The second kappa shape index (κ2) is 3.49. The van der Waals surface area contributed by atoms with E-state index in [9.17, 15) is 0 Å². The molecule has 72 valence electrons. The van der Waals surface area contributed by atoms with Crippen LogP contribution in [0.4, 0.5) is 0 Å². The molecule has 1 N–H and O–H groups in total. The van der Waals surface area contributed by atoms with E-state index in [0.29, 0.717) is 5.92 Å². The predicted octanol–water partition coefficient (Wildman–Crippen LogP) is 3.78. The minimum Gasteiger partial charge on any atom is -0.361 e. The van der Waals surface area contributed by atoms with Gasteiger partial charge < -0.3 is 4.98 Å². The molecule has 0 amide bonds. The lowest BCUT2D eigenvalue weighted by atomic mass is 9.98. The van der Waals surface area contributed by atoms with Gasteiger partial charge in [0.2, 0.25) is 0 Å². The van der Waals surface area contributed by atoms with Crippen molar-refractivity contribution in [1.29, 1.82) is 0 Å². The molecule has 1 nitrogen and oxygen atoms in total. The number of H-pyrrole nitrogens is 1. The molecule has 0 fully saturated rings. The Morgan fingerprint density at radius 3 is 2.54 bits per heavy atom. The Labute approximate surface area is 88.1 Å². The molecule has 1 heterocycles. The number of aromatic amines is 1. The lowest BCUT2D eigenvalue weighted by Crippen LogP contribution is -2.00. The maximum Gasteiger partial charge on any atom is 0.0420 e. The Hall–Kier alpha value is -0.240. The van der Waals surface area contributed by atoms with Crippen LogP contribution in [-0.4, -0.2) is 4.98 Å². The molecular weight excluding hydrogens is 226 g/mol. The van der Waals surface area contributed by atoms with E-state index in [-0.39, 0.29) is 0 Å². The molecule has 0 unspecified atom stereocenters. The first-order valence-corrected chi connectivity index (χ1v) is 5.88. The molecule has 1 aromatic heterocycles. The maximum absolute atomic E-state index is 3.71. The van der Waals surface area contributed by atoms with E-state index in [2.05, 4.69) is 34.8 Å². The van der Waals surface area contributed by atoms with Gasteiger partial charge in [-0.2, -0.15) is 0 Å². The minimum atomic E-state index is 0.597. The molecule has 2 rings (SSSR count). The van der Waals surface area contributed by atoms with Crippen LogP contribution >= 0.6 is 15.9 Å². The van der Waals surface area contributed by atoms with Crippen molar-refractivity contribution in [3.05, 3.63) is 21.4 Å². The normalized spacial score (nSPS) is 16.3. The molecule has 0 saturated carbocycles. The zero-order valence-corrected chi connectivity index (χ0v) is 9.87. The van der Waals surface area contributed by atoms with Crippen molar-refractivity contribution in [3.8, 4) is 0 Å². The SMILES string of the molecule is CC(C)c1[nH]c2c(c1Br)CCCC2. The third-order valence-corrected chi connectivity index (χ3v) is 3.74. The molecule has 0 aromatic carbocycles. The zero-order valence-electron chi connectivity index (χ0n) is 8.28. The first kappa shape index (κ1) is 9.32. The highest BCUT2D eigenvalue weighted by Crippen LogP contribution is 2.34. The second-order valence-corrected chi connectivity index (χ2v) is 4.96. The summed E-state index contributed by atoms with van der Waals surface area (Å²) in [7, 11) is 0. The molecule has 1 aromatic rings. The number of fused-ring (bicyclic) bond motifs is 1. The van der Waals surface area contributed by atoms with Crippen LogP contribution in [0.25, 0.3) is 0 Å². The molecule has 0 aliphatic heterocycles. The van der Waals surface area contributed by atoms with Crippen molar-refractivity contribution in [2.45, 2.75) is 45.4 Å². The standard InChI is InChI=1S/C11H16BrN/c1-7(2)11-10(12)8-5-3-4-6-9(8)13-11/h7,13H,3-6H2,1-2H3. The van der Waals surface area contributed by atoms with Crippen molar-refractivity contribution < 1.29 is 0 Å². The van der Waals surface area contributed by atoms with Crippen LogP contribution in [-0.2, 0) is 12.8 Å². The van der Waals surface area contributed by atoms with Crippen LogP contribution < -0.4 is 0 Å². The Morgan fingerprint density at radius 1 is 1.23 bits per heavy atom. The lowest BCUT2D eigenvalue weighted by molar-refractivity contribution is 0.674. The van der Waals surface area contributed by atoms with Crippen LogP contribution in [0.1, 0.15) is 49.6 Å². The number of hydrogen-bond acceptors (Lipinski definition) is 0. The zero-order chi connectivity index (χ0) is 9.42. The summed E-state index contributed by atoms with van der Waals surface area (Å²) in [4.78, 5) is 3.55. The van der Waals surface area contributed by atoms with Crippen LogP contribution in [0.15, 0.2) is 4.47 Å². The van der Waals surface area contributed by atoms with E-state index >= 15 is 0 Å². The minimum absolute atomic E-state index is 0.597. The fraction of sp³-hybridized carbons (Fsp3) is 0.636. The van der Waals surface area contributed by atoms with E-state index in [1.54, 1.807) is 0 Å². The van der Waals surface area contributed by atoms with Crippen LogP contribution in [0.2, 0.25) is 0 Å². The van der Waals surface area contributed by atoms with E-state index in [0.717, 1.165) is 0 Å². The average Bonchev–Trinajstić information content (AvgIpc) is 2.45. The Kier molecular flexibility index (Phi) is 2.50. The summed E-state index contributed by atoms with van der Waals surface area (Å²) < 4.78 is 1.34. The van der Waals surface area contributed by atoms with Gasteiger partial charge in [0.1, 0.15) is 0 Å². The molecule has 0 bridgehead atoms. The van der Waals surface area contributed by atoms with E-state index < -0.39 is 0 Å². The van der Waals surface area contributed by atoms with Gasteiger partial charge in [0.25, 0.3) is 0 Å². The van der Waals surface area contributed by atoms with Crippen LogP contribution in [0, 0.1) is 0 Å². The molecular formula is C11H16BrN. The summed E-state index contributed by atoms with van der Waals surface area (Å²) in [6, 6.07) is 0. The van der Waals surface area contributed by atoms with Crippen LogP contribution in [0.5, 0.6) is 0 Å². The van der Waals surface area contributed by atoms with E-state index in [1.807, 2.05) is 0 Å². The number of aromatic nitrogens is 1. The monoisotopic (exact) mass is 241 g/mol. The van der Waals surface area contributed by atoms with E-state index in [4.69, 9.17) is 0 Å². The van der Waals surface area contributed by atoms with Crippen molar-refractivity contribution in [2.75, 3.05) is 0 Å². The summed E-state index contributed by atoms with van der Waals surface area (Å²) in [6.45, 7) is 4.48. The van der Waals surface area contributed by atoms with Crippen molar-refractivity contribution in [3.63, 3.8) is 0 Å². The van der Waals surface area contributed by atoms with Gasteiger partial charge in [0.15, 0.2) is 0 Å². The molecule has 0 saturated heterocycles. The quantitative estimate of drug-likeness (QED) is 0.771. The van der Waals surface area contributed by atoms with Gasteiger partial charge in [0.05, 0.1) is 0 Å². The third-order valence-electron chi connectivity index (χ3n) is 2.83. The number of rotatable bonds is 1.